The molecule has 1 aliphatic rings. The van der Waals surface area contributed by atoms with E-state index < -0.39 is 30.4 Å². The zero-order valence-corrected chi connectivity index (χ0v) is 7.73. The van der Waals surface area contributed by atoms with Gasteiger partial charge >= 0.3 is 12.1 Å². The number of hydrogen-bond donors (Lipinski definition) is 1. The Morgan fingerprint density at radius 1 is 1.50 bits per heavy atom. The zero-order chi connectivity index (χ0) is 10.8. The van der Waals surface area contributed by atoms with Crippen molar-refractivity contribution >= 4 is 5.97 Å². The molecule has 0 bridgehead atoms. The summed E-state index contributed by atoms with van der Waals surface area (Å²) >= 11 is 0. The molecule has 0 aromatic rings. The van der Waals surface area contributed by atoms with Gasteiger partial charge in [-0.3, -0.25) is 4.79 Å². The zero-order valence-electron chi connectivity index (χ0n) is 7.73. The van der Waals surface area contributed by atoms with Crippen LogP contribution in [0, 0.1) is 11.8 Å². The Balaban J connectivity index is 2.56. The first kappa shape index (κ1) is 11.3. The number of ether oxygens (including phenoxy) is 1. The topological polar surface area (TPSA) is 38.3 Å². The van der Waals surface area contributed by atoms with Crippen LogP contribution in [0.5, 0.6) is 0 Å². The van der Waals surface area contributed by atoms with Gasteiger partial charge in [0.25, 0.3) is 0 Å². The minimum absolute atomic E-state index is 0.222. The molecule has 1 heterocycles. The molecule has 0 unspecified atom stereocenters. The Morgan fingerprint density at radius 2 is 2.14 bits per heavy atom. The molecular weight excluding hydrogens is 199 g/mol. The van der Waals surface area contributed by atoms with Gasteiger partial charge in [0.05, 0.1) is 13.0 Å². The highest BCUT2D eigenvalue weighted by molar-refractivity contribution is 5.73. The van der Waals surface area contributed by atoms with Crippen LogP contribution < -0.4 is 5.32 Å². The van der Waals surface area contributed by atoms with Crippen LogP contribution in [0.2, 0.25) is 0 Å². The van der Waals surface area contributed by atoms with Crippen molar-refractivity contribution in [2.75, 3.05) is 20.2 Å². The first-order valence-corrected chi connectivity index (χ1v) is 4.29. The first-order valence-electron chi connectivity index (χ1n) is 4.29. The van der Waals surface area contributed by atoms with Crippen LogP contribution in [-0.4, -0.2) is 32.3 Å². The van der Waals surface area contributed by atoms with E-state index in [-0.39, 0.29) is 13.1 Å². The molecule has 1 rings (SSSR count). The van der Waals surface area contributed by atoms with Crippen molar-refractivity contribution in [3.05, 3.63) is 0 Å². The second-order valence-electron chi connectivity index (χ2n) is 3.37. The van der Waals surface area contributed by atoms with Gasteiger partial charge in [-0.1, -0.05) is 0 Å². The van der Waals surface area contributed by atoms with E-state index in [2.05, 4.69) is 10.1 Å². The fourth-order valence-corrected chi connectivity index (χ4v) is 1.67. The SMILES string of the molecule is COC(=O)[C@@H]1CNC[C@H]1CC(F)(F)F. The van der Waals surface area contributed by atoms with Gasteiger partial charge in [0.1, 0.15) is 0 Å². The molecule has 6 heteroatoms. The van der Waals surface area contributed by atoms with Crippen molar-refractivity contribution in [3.63, 3.8) is 0 Å². The lowest BCUT2D eigenvalue weighted by Gasteiger charge is -2.17. The second kappa shape index (κ2) is 4.16. The van der Waals surface area contributed by atoms with E-state index in [1.54, 1.807) is 0 Å². The molecule has 0 aromatic carbocycles. The van der Waals surface area contributed by atoms with Crippen LogP contribution >= 0.6 is 0 Å². The summed E-state index contributed by atoms with van der Waals surface area (Å²) in [5, 5.41) is 2.76. The molecule has 14 heavy (non-hydrogen) atoms. The highest BCUT2D eigenvalue weighted by Crippen LogP contribution is 2.31. The second-order valence-corrected chi connectivity index (χ2v) is 3.37. The minimum Gasteiger partial charge on any atom is -0.469 e. The van der Waals surface area contributed by atoms with E-state index in [9.17, 15) is 18.0 Å². The van der Waals surface area contributed by atoms with E-state index in [4.69, 9.17) is 0 Å². The Bertz CT molecular complexity index is 217. The van der Waals surface area contributed by atoms with Crippen LogP contribution in [-0.2, 0) is 9.53 Å². The van der Waals surface area contributed by atoms with E-state index in [0.717, 1.165) is 0 Å². The number of nitrogens with one attached hydrogen (secondary N) is 1. The van der Waals surface area contributed by atoms with Gasteiger partial charge in [-0.25, -0.2) is 0 Å². The van der Waals surface area contributed by atoms with E-state index in [0.29, 0.717) is 0 Å². The van der Waals surface area contributed by atoms with E-state index >= 15 is 0 Å². The Kier molecular flexibility index (Phi) is 3.36. The van der Waals surface area contributed by atoms with Crippen molar-refractivity contribution in [3.8, 4) is 0 Å². The van der Waals surface area contributed by atoms with Crippen molar-refractivity contribution in [1.82, 2.24) is 5.32 Å². The van der Waals surface area contributed by atoms with Crippen molar-refractivity contribution in [1.29, 1.82) is 0 Å². The van der Waals surface area contributed by atoms with Crippen molar-refractivity contribution < 1.29 is 22.7 Å². The number of hydrogen-bond acceptors (Lipinski definition) is 3. The van der Waals surface area contributed by atoms with Crippen LogP contribution in [0.25, 0.3) is 0 Å². The standard InChI is InChI=1S/C8H12F3NO2/c1-14-7(13)6-4-12-3-5(6)2-8(9,10)11/h5-6,12H,2-4H2,1H3/t5-,6-/m1/s1. The van der Waals surface area contributed by atoms with E-state index in [1.807, 2.05) is 0 Å². The van der Waals surface area contributed by atoms with Crippen LogP contribution in [0.4, 0.5) is 13.2 Å². The van der Waals surface area contributed by atoms with Gasteiger partial charge in [-0.05, 0) is 12.5 Å². The summed E-state index contributed by atoms with van der Waals surface area (Å²) in [4.78, 5) is 11.1. The quantitative estimate of drug-likeness (QED) is 0.691. The number of halogens is 3. The third kappa shape index (κ3) is 2.87. The molecule has 0 aliphatic carbocycles. The van der Waals surface area contributed by atoms with Gasteiger partial charge in [0.2, 0.25) is 0 Å². The third-order valence-electron chi connectivity index (χ3n) is 2.34. The van der Waals surface area contributed by atoms with Crippen LogP contribution in [0.3, 0.4) is 0 Å². The molecule has 3 nitrogen and oxygen atoms in total. The van der Waals surface area contributed by atoms with Crippen LogP contribution in [0.15, 0.2) is 0 Å². The molecule has 0 saturated carbocycles. The maximum Gasteiger partial charge on any atom is 0.389 e. The molecule has 1 aliphatic heterocycles. The van der Waals surface area contributed by atoms with Crippen LogP contribution in [0.1, 0.15) is 6.42 Å². The summed E-state index contributed by atoms with van der Waals surface area (Å²) in [5.41, 5.74) is 0. The molecule has 1 N–H and O–H groups in total. The fourth-order valence-electron chi connectivity index (χ4n) is 1.67. The lowest BCUT2D eigenvalue weighted by atomic mass is 9.93. The summed E-state index contributed by atoms with van der Waals surface area (Å²) in [5.74, 6) is -1.92. The predicted molar refractivity (Wildman–Crippen MR) is 42.5 cm³/mol. The smallest absolute Gasteiger partial charge is 0.389 e. The average molecular weight is 211 g/mol. The summed E-state index contributed by atoms with van der Waals surface area (Å²) in [6.45, 7) is 0.493. The number of esters is 1. The molecule has 1 saturated heterocycles. The first-order chi connectivity index (χ1) is 6.44. The lowest BCUT2D eigenvalue weighted by Crippen LogP contribution is -2.27. The lowest BCUT2D eigenvalue weighted by molar-refractivity contribution is -0.156. The Morgan fingerprint density at radius 3 is 2.64 bits per heavy atom. The predicted octanol–water partition coefficient (Wildman–Crippen LogP) is 0.947. The van der Waals surface area contributed by atoms with E-state index in [1.165, 1.54) is 7.11 Å². The number of carbonyl (C=O) groups excluding carboxylic acids is 1. The molecular formula is C8H12F3NO2. The summed E-state index contributed by atoms with van der Waals surface area (Å²) in [6, 6.07) is 0. The molecule has 0 spiro atoms. The highest BCUT2D eigenvalue weighted by Gasteiger charge is 2.41. The molecule has 0 amide bonds. The Labute approximate surface area is 79.6 Å². The van der Waals surface area contributed by atoms with Gasteiger partial charge in [-0.2, -0.15) is 13.2 Å². The molecule has 2 atom stereocenters. The van der Waals surface area contributed by atoms with Gasteiger partial charge in [0, 0.05) is 13.0 Å². The fraction of sp³-hybridized carbons (Fsp3) is 0.875. The average Bonchev–Trinajstić information content (AvgIpc) is 2.48. The summed E-state index contributed by atoms with van der Waals surface area (Å²) in [6.07, 6.45) is -5.15. The minimum atomic E-state index is -4.22. The third-order valence-corrected chi connectivity index (χ3v) is 2.34. The largest absolute Gasteiger partial charge is 0.469 e. The van der Waals surface area contributed by atoms with Crippen molar-refractivity contribution in [2.24, 2.45) is 11.8 Å². The molecule has 0 radical (unpaired) electrons. The maximum absolute atomic E-state index is 12.1. The molecule has 82 valence electrons. The number of rotatable bonds is 2. The number of carbonyl (C=O) groups is 1. The molecule has 1 fully saturated rings. The number of methoxy groups -OCH3 is 1. The van der Waals surface area contributed by atoms with Gasteiger partial charge < -0.3 is 10.1 Å². The van der Waals surface area contributed by atoms with Gasteiger partial charge in [-0.15, -0.1) is 0 Å². The van der Waals surface area contributed by atoms with Gasteiger partial charge in [0.15, 0.2) is 0 Å². The summed E-state index contributed by atoms with van der Waals surface area (Å²) < 4.78 is 40.6. The maximum atomic E-state index is 12.1. The highest BCUT2D eigenvalue weighted by atomic mass is 19.4. The number of alkyl halides is 3. The summed E-state index contributed by atoms with van der Waals surface area (Å²) in [7, 11) is 1.19. The Hall–Kier alpha value is -0.780. The normalized spacial score (nSPS) is 27.7. The monoisotopic (exact) mass is 211 g/mol. The van der Waals surface area contributed by atoms with Crippen molar-refractivity contribution in [2.45, 2.75) is 12.6 Å². The molecule has 0 aromatic heterocycles.